The van der Waals surface area contributed by atoms with Gasteiger partial charge < -0.3 is 10.5 Å². The summed E-state index contributed by atoms with van der Waals surface area (Å²) in [7, 11) is 0. The van der Waals surface area contributed by atoms with Gasteiger partial charge in [0.2, 0.25) is 5.95 Å². The van der Waals surface area contributed by atoms with Crippen molar-refractivity contribution in [2.24, 2.45) is 0 Å². The van der Waals surface area contributed by atoms with Crippen LogP contribution >= 0.6 is 0 Å². The third-order valence-electron chi connectivity index (χ3n) is 3.65. The minimum atomic E-state index is -4.73. The molecular formula is C17H12F4N4O3. The van der Waals surface area contributed by atoms with E-state index in [0.717, 1.165) is 30.3 Å². The SMILES string of the molecule is Nc1nc2c(C(F)(F)F)cccc2c(=O)n1NC(=O)COc1ccc(F)cc1. The molecule has 0 spiro atoms. The normalized spacial score (nSPS) is 11.4. The van der Waals surface area contributed by atoms with Gasteiger partial charge in [-0.3, -0.25) is 15.0 Å². The van der Waals surface area contributed by atoms with Gasteiger partial charge in [0.1, 0.15) is 11.6 Å². The Bertz CT molecular complexity index is 1090. The van der Waals surface area contributed by atoms with E-state index >= 15 is 0 Å². The van der Waals surface area contributed by atoms with Gasteiger partial charge in [0, 0.05) is 0 Å². The number of aromatic nitrogens is 2. The number of nitrogens with one attached hydrogen (secondary N) is 1. The first-order valence-electron chi connectivity index (χ1n) is 7.73. The highest BCUT2D eigenvalue weighted by Gasteiger charge is 2.34. The molecule has 3 N–H and O–H groups in total. The van der Waals surface area contributed by atoms with Crippen molar-refractivity contribution >= 4 is 22.8 Å². The van der Waals surface area contributed by atoms with Crippen LogP contribution in [0.1, 0.15) is 5.56 Å². The number of hydrogen-bond acceptors (Lipinski definition) is 5. The van der Waals surface area contributed by atoms with E-state index in [1.54, 1.807) is 0 Å². The van der Waals surface area contributed by atoms with Crippen LogP contribution in [0.5, 0.6) is 5.75 Å². The maximum atomic E-state index is 13.1. The Morgan fingerprint density at radius 1 is 1.18 bits per heavy atom. The van der Waals surface area contributed by atoms with Crippen molar-refractivity contribution in [3.8, 4) is 5.75 Å². The number of anilines is 1. The molecule has 0 aliphatic heterocycles. The summed E-state index contributed by atoms with van der Waals surface area (Å²) in [5.74, 6) is -1.75. The quantitative estimate of drug-likeness (QED) is 0.660. The second-order valence-electron chi connectivity index (χ2n) is 5.59. The topological polar surface area (TPSA) is 99.2 Å². The molecule has 0 saturated heterocycles. The molecule has 3 rings (SSSR count). The molecule has 1 amide bonds. The maximum absolute atomic E-state index is 13.1. The Morgan fingerprint density at radius 3 is 2.50 bits per heavy atom. The van der Waals surface area contributed by atoms with Crippen LogP contribution in [0.15, 0.2) is 47.3 Å². The molecule has 1 aromatic heterocycles. The van der Waals surface area contributed by atoms with Crippen molar-refractivity contribution < 1.29 is 27.1 Å². The van der Waals surface area contributed by atoms with Crippen molar-refractivity contribution in [2.45, 2.75) is 6.18 Å². The van der Waals surface area contributed by atoms with Crippen molar-refractivity contribution in [3.63, 3.8) is 0 Å². The van der Waals surface area contributed by atoms with E-state index in [9.17, 15) is 27.2 Å². The number of para-hydroxylation sites is 1. The van der Waals surface area contributed by atoms with Crippen LogP contribution in [0.2, 0.25) is 0 Å². The molecule has 146 valence electrons. The number of nitrogen functional groups attached to an aromatic ring is 1. The Balaban J connectivity index is 1.86. The monoisotopic (exact) mass is 396 g/mol. The lowest BCUT2D eigenvalue weighted by atomic mass is 10.1. The van der Waals surface area contributed by atoms with Crippen molar-refractivity contribution in [1.29, 1.82) is 0 Å². The van der Waals surface area contributed by atoms with Gasteiger partial charge in [-0.05, 0) is 36.4 Å². The average Bonchev–Trinajstić information content (AvgIpc) is 2.63. The molecule has 3 aromatic rings. The zero-order chi connectivity index (χ0) is 20.5. The predicted molar refractivity (Wildman–Crippen MR) is 91.7 cm³/mol. The van der Waals surface area contributed by atoms with E-state index in [1.807, 2.05) is 0 Å². The molecule has 1 heterocycles. The lowest BCUT2D eigenvalue weighted by molar-refractivity contribution is -0.136. The van der Waals surface area contributed by atoms with E-state index in [1.165, 1.54) is 12.1 Å². The number of alkyl halides is 3. The third-order valence-corrected chi connectivity index (χ3v) is 3.65. The summed E-state index contributed by atoms with van der Waals surface area (Å²) in [6, 6.07) is 7.79. The van der Waals surface area contributed by atoms with E-state index < -0.39 is 47.1 Å². The fourth-order valence-corrected chi connectivity index (χ4v) is 2.40. The molecular weight excluding hydrogens is 384 g/mol. The highest BCUT2D eigenvalue weighted by molar-refractivity contribution is 5.87. The molecule has 0 fully saturated rings. The Labute approximate surface area is 154 Å². The zero-order valence-electron chi connectivity index (χ0n) is 14.0. The van der Waals surface area contributed by atoms with Gasteiger partial charge >= 0.3 is 6.18 Å². The van der Waals surface area contributed by atoms with Crippen LogP contribution < -0.4 is 21.5 Å². The summed E-state index contributed by atoms with van der Waals surface area (Å²) in [6.45, 7) is -0.557. The number of carbonyl (C=O) groups excluding carboxylic acids is 1. The molecule has 0 aliphatic carbocycles. The number of fused-ring (bicyclic) bond motifs is 1. The van der Waals surface area contributed by atoms with Crippen molar-refractivity contribution in [3.05, 3.63) is 64.2 Å². The van der Waals surface area contributed by atoms with Crippen molar-refractivity contribution in [2.75, 3.05) is 17.8 Å². The summed E-state index contributed by atoms with van der Waals surface area (Å²) >= 11 is 0. The molecule has 0 saturated carbocycles. The Hall–Kier alpha value is -3.63. The number of rotatable bonds is 4. The van der Waals surface area contributed by atoms with Gasteiger partial charge in [-0.25, -0.2) is 9.37 Å². The van der Waals surface area contributed by atoms with E-state index in [4.69, 9.17) is 10.5 Å². The van der Waals surface area contributed by atoms with Gasteiger partial charge in [0.05, 0.1) is 16.5 Å². The van der Waals surface area contributed by atoms with Crippen LogP contribution in [0.4, 0.5) is 23.5 Å². The highest BCUT2D eigenvalue weighted by atomic mass is 19.4. The smallest absolute Gasteiger partial charge is 0.418 e. The molecule has 2 aromatic carbocycles. The van der Waals surface area contributed by atoms with E-state index in [2.05, 4.69) is 10.4 Å². The first kappa shape index (κ1) is 19.1. The van der Waals surface area contributed by atoms with Gasteiger partial charge in [-0.1, -0.05) is 6.07 Å². The van der Waals surface area contributed by atoms with Gasteiger partial charge in [0.15, 0.2) is 6.61 Å². The summed E-state index contributed by atoms with van der Waals surface area (Å²) < 4.78 is 57.7. The second-order valence-corrected chi connectivity index (χ2v) is 5.59. The highest BCUT2D eigenvalue weighted by Crippen LogP contribution is 2.33. The average molecular weight is 396 g/mol. The molecule has 0 bridgehead atoms. The third kappa shape index (κ3) is 3.87. The van der Waals surface area contributed by atoms with Crippen molar-refractivity contribution in [1.82, 2.24) is 9.66 Å². The molecule has 0 aliphatic rings. The number of carbonyl (C=O) groups is 1. The number of nitrogens with zero attached hydrogens (tertiary/aromatic N) is 2. The molecule has 0 radical (unpaired) electrons. The summed E-state index contributed by atoms with van der Waals surface area (Å²) in [6.07, 6.45) is -4.73. The largest absolute Gasteiger partial charge is 0.484 e. The Kier molecular flexibility index (Phi) is 4.91. The number of hydrogen-bond donors (Lipinski definition) is 2. The van der Waals surface area contributed by atoms with Gasteiger partial charge in [-0.15, -0.1) is 0 Å². The number of benzene rings is 2. The van der Waals surface area contributed by atoms with E-state index in [0.29, 0.717) is 4.68 Å². The summed E-state index contributed by atoms with van der Waals surface area (Å²) in [5.41, 5.74) is 4.95. The fourth-order valence-electron chi connectivity index (χ4n) is 2.40. The van der Waals surface area contributed by atoms with Crippen LogP contribution in [0.25, 0.3) is 10.9 Å². The molecule has 28 heavy (non-hydrogen) atoms. The fraction of sp³-hybridized carbons (Fsp3) is 0.118. The van der Waals surface area contributed by atoms with Gasteiger partial charge in [0.25, 0.3) is 11.5 Å². The van der Waals surface area contributed by atoms with Crippen LogP contribution in [-0.2, 0) is 11.0 Å². The first-order chi connectivity index (χ1) is 13.2. The first-order valence-corrected chi connectivity index (χ1v) is 7.73. The van der Waals surface area contributed by atoms with Crippen LogP contribution in [-0.4, -0.2) is 22.2 Å². The van der Waals surface area contributed by atoms with Gasteiger partial charge in [-0.2, -0.15) is 17.8 Å². The number of ether oxygens (including phenoxy) is 1. The van der Waals surface area contributed by atoms with Crippen LogP contribution in [0, 0.1) is 5.82 Å². The molecule has 0 unspecified atom stereocenters. The lowest BCUT2D eigenvalue weighted by Crippen LogP contribution is -2.38. The molecule has 0 atom stereocenters. The summed E-state index contributed by atoms with van der Waals surface area (Å²) in [4.78, 5) is 28.0. The second kappa shape index (κ2) is 7.18. The Morgan fingerprint density at radius 2 is 1.86 bits per heavy atom. The zero-order valence-corrected chi connectivity index (χ0v) is 14.0. The minimum Gasteiger partial charge on any atom is -0.484 e. The minimum absolute atomic E-state index is 0.198. The summed E-state index contributed by atoms with van der Waals surface area (Å²) in [5, 5.41) is -0.372. The van der Waals surface area contributed by atoms with E-state index in [-0.39, 0.29) is 11.1 Å². The standard InChI is InChI=1S/C17H12F4N4O3/c18-9-4-6-10(7-5-9)28-8-13(26)24-25-15(27)11-2-1-3-12(17(19,20)21)14(11)23-16(25)22/h1-7H,8H2,(H2,22,23)(H,24,26). The maximum Gasteiger partial charge on any atom is 0.418 e. The molecule has 11 heteroatoms. The number of amides is 1. The number of nitrogens with two attached hydrogens (primary N) is 1. The van der Waals surface area contributed by atoms with Crippen LogP contribution in [0.3, 0.4) is 0 Å². The lowest BCUT2D eigenvalue weighted by Gasteiger charge is -2.14. The number of halogens is 4. The predicted octanol–water partition coefficient (Wildman–Crippen LogP) is 2.29. The molecule has 7 nitrogen and oxygen atoms in total.